The number of aryl methyl sites for hydroxylation is 1. The first-order valence-electron chi connectivity index (χ1n) is 10.8. The van der Waals surface area contributed by atoms with E-state index in [1.807, 2.05) is 45.0 Å². The number of nitrogens with zero attached hydrogens (tertiary/aromatic N) is 2. The van der Waals surface area contributed by atoms with Crippen LogP contribution in [-0.4, -0.2) is 50.0 Å². The zero-order valence-corrected chi connectivity index (χ0v) is 20.5. The molecule has 0 aliphatic heterocycles. The van der Waals surface area contributed by atoms with Crippen molar-refractivity contribution in [2.75, 3.05) is 17.1 Å². The van der Waals surface area contributed by atoms with Crippen LogP contribution in [0, 0.1) is 12.7 Å². The van der Waals surface area contributed by atoms with Gasteiger partial charge in [-0.15, -0.1) is 0 Å². The maximum atomic E-state index is 13.4. The summed E-state index contributed by atoms with van der Waals surface area (Å²) in [5.74, 6) is -1.38. The summed E-state index contributed by atoms with van der Waals surface area (Å²) in [5, 5.41) is 2.88. The smallest absolute Gasteiger partial charge is 0.244 e. The number of sulfonamides is 1. The molecule has 2 aromatic carbocycles. The van der Waals surface area contributed by atoms with Crippen molar-refractivity contribution in [1.29, 1.82) is 0 Å². The molecule has 180 valence electrons. The first kappa shape index (κ1) is 26.3. The zero-order chi connectivity index (χ0) is 24.8. The van der Waals surface area contributed by atoms with E-state index >= 15 is 0 Å². The molecule has 2 rings (SSSR count). The summed E-state index contributed by atoms with van der Waals surface area (Å²) < 4.78 is 39.2. The Morgan fingerprint density at radius 3 is 2.21 bits per heavy atom. The van der Waals surface area contributed by atoms with Gasteiger partial charge in [0, 0.05) is 12.6 Å². The Morgan fingerprint density at radius 1 is 1.06 bits per heavy atom. The lowest BCUT2D eigenvalue weighted by Crippen LogP contribution is -2.52. The molecule has 0 heterocycles. The number of carbonyl (C=O) groups is 2. The molecule has 0 fully saturated rings. The van der Waals surface area contributed by atoms with Crippen LogP contribution in [0.4, 0.5) is 10.1 Å². The lowest BCUT2D eigenvalue weighted by atomic mass is 10.1. The van der Waals surface area contributed by atoms with Gasteiger partial charge < -0.3 is 10.2 Å². The highest BCUT2D eigenvalue weighted by molar-refractivity contribution is 7.92. The SMILES string of the molecule is CC[C@@H](C)NC(=O)[C@@H](C)N(Cc1ccccc1C)C(=O)CN(c1ccc(F)cc1)S(C)(=O)=O. The molecule has 9 heteroatoms. The monoisotopic (exact) mass is 477 g/mol. The quantitative estimate of drug-likeness (QED) is 0.569. The Kier molecular flexibility index (Phi) is 8.99. The van der Waals surface area contributed by atoms with Crippen LogP contribution in [0.2, 0.25) is 0 Å². The van der Waals surface area contributed by atoms with Crippen LogP contribution in [0.1, 0.15) is 38.3 Å². The van der Waals surface area contributed by atoms with Gasteiger partial charge in [-0.3, -0.25) is 13.9 Å². The molecular formula is C24H32FN3O4S. The molecule has 2 atom stereocenters. The van der Waals surface area contributed by atoms with Gasteiger partial charge in [-0.05, 0) is 62.6 Å². The van der Waals surface area contributed by atoms with Gasteiger partial charge in [-0.2, -0.15) is 0 Å². The fraction of sp³-hybridized carbons (Fsp3) is 0.417. The van der Waals surface area contributed by atoms with E-state index in [0.717, 1.165) is 40.2 Å². The minimum Gasteiger partial charge on any atom is -0.352 e. The molecular weight excluding hydrogens is 445 g/mol. The molecule has 2 amide bonds. The first-order chi connectivity index (χ1) is 15.4. The summed E-state index contributed by atoms with van der Waals surface area (Å²) in [6.45, 7) is 6.97. The predicted molar refractivity (Wildman–Crippen MR) is 128 cm³/mol. The van der Waals surface area contributed by atoms with Gasteiger partial charge in [0.15, 0.2) is 0 Å². The normalized spacial score (nSPS) is 13.2. The number of carbonyl (C=O) groups excluding carboxylic acids is 2. The van der Waals surface area contributed by atoms with Crippen molar-refractivity contribution < 1.29 is 22.4 Å². The van der Waals surface area contributed by atoms with Gasteiger partial charge in [0.25, 0.3) is 0 Å². The van der Waals surface area contributed by atoms with E-state index in [4.69, 9.17) is 0 Å². The van der Waals surface area contributed by atoms with Crippen LogP contribution in [-0.2, 0) is 26.2 Å². The molecule has 0 aliphatic carbocycles. The molecule has 0 unspecified atom stereocenters. The second kappa shape index (κ2) is 11.3. The van der Waals surface area contributed by atoms with Crippen LogP contribution in [0.25, 0.3) is 0 Å². The Hall–Kier alpha value is -2.94. The van der Waals surface area contributed by atoms with E-state index in [0.29, 0.717) is 0 Å². The molecule has 33 heavy (non-hydrogen) atoms. The van der Waals surface area contributed by atoms with E-state index in [-0.39, 0.29) is 24.2 Å². The van der Waals surface area contributed by atoms with Crippen LogP contribution >= 0.6 is 0 Å². The third kappa shape index (κ3) is 7.28. The third-order valence-corrected chi connectivity index (χ3v) is 6.70. The minimum absolute atomic E-state index is 0.0675. The largest absolute Gasteiger partial charge is 0.352 e. The first-order valence-corrected chi connectivity index (χ1v) is 12.7. The Balaban J connectivity index is 2.39. The van der Waals surface area contributed by atoms with Gasteiger partial charge >= 0.3 is 0 Å². The Bertz CT molecular complexity index is 1070. The number of benzene rings is 2. The number of halogens is 1. The predicted octanol–water partition coefficient (Wildman–Crippen LogP) is 3.23. The number of anilines is 1. The van der Waals surface area contributed by atoms with Crippen molar-refractivity contribution in [1.82, 2.24) is 10.2 Å². The number of rotatable bonds is 10. The van der Waals surface area contributed by atoms with Gasteiger partial charge in [0.2, 0.25) is 21.8 Å². The number of amides is 2. The van der Waals surface area contributed by atoms with Gasteiger partial charge in [0.1, 0.15) is 18.4 Å². The molecule has 7 nitrogen and oxygen atoms in total. The molecule has 0 aliphatic rings. The van der Waals surface area contributed by atoms with Crippen molar-refractivity contribution in [3.05, 3.63) is 65.5 Å². The fourth-order valence-corrected chi connectivity index (χ4v) is 4.09. The molecule has 2 aromatic rings. The topological polar surface area (TPSA) is 86.8 Å². The number of hydrogen-bond acceptors (Lipinski definition) is 4. The molecule has 0 aromatic heterocycles. The molecule has 0 spiro atoms. The van der Waals surface area contributed by atoms with E-state index in [1.165, 1.54) is 17.0 Å². The molecule has 0 saturated heterocycles. The summed E-state index contributed by atoms with van der Waals surface area (Å²) >= 11 is 0. The van der Waals surface area contributed by atoms with Crippen molar-refractivity contribution >= 4 is 27.5 Å². The summed E-state index contributed by atoms with van der Waals surface area (Å²) in [6.07, 6.45) is 1.71. The summed E-state index contributed by atoms with van der Waals surface area (Å²) in [5.41, 5.74) is 1.96. The highest BCUT2D eigenvalue weighted by Crippen LogP contribution is 2.20. The van der Waals surface area contributed by atoms with Crippen LogP contribution < -0.4 is 9.62 Å². The summed E-state index contributed by atoms with van der Waals surface area (Å²) in [4.78, 5) is 27.6. The van der Waals surface area contributed by atoms with E-state index < -0.39 is 34.3 Å². The highest BCUT2D eigenvalue weighted by Gasteiger charge is 2.30. The standard InChI is InChI=1S/C24H32FN3O4S/c1-6-18(3)26-24(30)19(4)27(15-20-10-8-7-9-17(20)2)23(29)16-28(33(5,31)32)22-13-11-21(25)12-14-22/h7-14,18-19H,6,15-16H2,1-5H3,(H,26,30)/t18-,19-/m1/s1. The maximum absolute atomic E-state index is 13.4. The van der Waals surface area contributed by atoms with Crippen LogP contribution in [0.5, 0.6) is 0 Å². The average molecular weight is 478 g/mol. The second-order valence-corrected chi connectivity index (χ2v) is 10.1. The second-order valence-electron chi connectivity index (χ2n) is 8.19. The van der Waals surface area contributed by atoms with Gasteiger partial charge in [-0.1, -0.05) is 31.2 Å². The summed E-state index contributed by atoms with van der Waals surface area (Å²) in [6, 6.07) is 11.5. The zero-order valence-electron chi connectivity index (χ0n) is 19.7. The molecule has 1 N–H and O–H groups in total. The van der Waals surface area contributed by atoms with Crippen molar-refractivity contribution in [2.24, 2.45) is 0 Å². The minimum atomic E-state index is -3.85. The van der Waals surface area contributed by atoms with Crippen molar-refractivity contribution in [3.63, 3.8) is 0 Å². The number of nitrogens with one attached hydrogen (secondary N) is 1. The lowest BCUT2D eigenvalue weighted by molar-refractivity contribution is -0.139. The van der Waals surface area contributed by atoms with Gasteiger partial charge in [-0.25, -0.2) is 12.8 Å². The summed E-state index contributed by atoms with van der Waals surface area (Å²) in [7, 11) is -3.85. The molecule has 0 saturated carbocycles. The molecule has 0 bridgehead atoms. The Morgan fingerprint density at radius 2 is 1.67 bits per heavy atom. The lowest BCUT2D eigenvalue weighted by Gasteiger charge is -2.32. The van der Waals surface area contributed by atoms with Gasteiger partial charge in [0.05, 0.1) is 11.9 Å². The van der Waals surface area contributed by atoms with Crippen molar-refractivity contribution in [3.8, 4) is 0 Å². The third-order valence-electron chi connectivity index (χ3n) is 5.56. The van der Waals surface area contributed by atoms with Crippen LogP contribution in [0.3, 0.4) is 0 Å². The van der Waals surface area contributed by atoms with E-state index in [1.54, 1.807) is 6.92 Å². The highest BCUT2D eigenvalue weighted by atomic mass is 32.2. The van der Waals surface area contributed by atoms with E-state index in [9.17, 15) is 22.4 Å². The Labute approximate surface area is 195 Å². The number of hydrogen-bond donors (Lipinski definition) is 1. The van der Waals surface area contributed by atoms with E-state index in [2.05, 4.69) is 5.32 Å². The maximum Gasteiger partial charge on any atom is 0.244 e. The van der Waals surface area contributed by atoms with Crippen LogP contribution in [0.15, 0.2) is 48.5 Å². The average Bonchev–Trinajstić information content (AvgIpc) is 2.76. The fourth-order valence-electron chi connectivity index (χ4n) is 3.24. The van der Waals surface area contributed by atoms with Crippen molar-refractivity contribution in [2.45, 2.75) is 52.7 Å². The molecule has 0 radical (unpaired) electrons.